The van der Waals surface area contributed by atoms with E-state index in [-0.39, 0.29) is 0 Å². The molecule has 0 fully saturated rings. The number of quaternary nitrogens is 1. The fourth-order valence-electron chi connectivity index (χ4n) is 8.95. The number of aliphatic imine (C=N–C) groups is 1. The van der Waals surface area contributed by atoms with Gasteiger partial charge in [-0.15, -0.1) is 0 Å². The molecular formula is C52H101N2O+. The molecule has 1 amide bonds. The SMILES string of the molecule is CCCCCCCCCCCCCCCCCCC1=NC=C[N+]1(CCCCCCCCCCCCCCCC)C(=O)CCCCCCCCCCCCCC. The second-order valence-electron chi connectivity index (χ2n) is 18.1. The van der Waals surface area contributed by atoms with Crippen molar-refractivity contribution in [3.05, 3.63) is 12.4 Å². The fourth-order valence-corrected chi connectivity index (χ4v) is 8.95. The van der Waals surface area contributed by atoms with Gasteiger partial charge in [-0.05, 0) is 25.7 Å². The molecule has 0 saturated heterocycles. The van der Waals surface area contributed by atoms with Crippen LogP contribution >= 0.6 is 0 Å². The van der Waals surface area contributed by atoms with E-state index in [0.717, 1.165) is 38.1 Å². The number of hydrogen-bond acceptors (Lipinski definition) is 2. The zero-order valence-electron chi connectivity index (χ0n) is 38.3. The summed E-state index contributed by atoms with van der Waals surface area (Å²) in [6.07, 6.45) is 63.5. The lowest BCUT2D eigenvalue weighted by molar-refractivity contribution is -0.708. The third-order valence-corrected chi connectivity index (χ3v) is 12.8. The summed E-state index contributed by atoms with van der Waals surface area (Å²) in [7, 11) is 0. The van der Waals surface area contributed by atoms with Crippen LogP contribution in [-0.2, 0) is 4.79 Å². The minimum atomic E-state index is 0.422. The maximum Gasteiger partial charge on any atom is 0.324 e. The number of carbonyl (C=O) groups is 1. The number of carbonyl (C=O) groups excluding carboxylic acids is 1. The Hall–Kier alpha value is -0.960. The van der Waals surface area contributed by atoms with Crippen LogP contribution in [0.25, 0.3) is 0 Å². The van der Waals surface area contributed by atoms with E-state index >= 15 is 0 Å². The van der Waals surface area contributed by atoms with Crippen LogP contribution in [0, 0.1) is 0 Å². The first-order valence-electron chi connectivity index (χ1n) is 25.9. The molecule has 0 aromatic heterocycles. The third kappa shape index (κ3) is 30.7. The van der Waals surface area contributed by atoms with E-state index in [4.69, 9.17) is 4.99 Å². The lowest BCUT2D eigenvalue weighted by Gasteiger charge is -2.30. The van der Waals surface area contributed by atoms with Gasteiger partial charge in [0.25, 0.3) is 0 Å². The van der Waals surface area contributed by atoms with Crippen LogP contribution in [0.5, 0.6) is 0 Å². The van der Waals surface area contributed by atoms with Crippen molar-refractivity contribution in [3.8, 4) is 0 Å². The molecule has 324 valence electrons. The lowest BCUT2D eigenvalue weighted by atomic mass is 10.0. The number of amides is 1. The largest absolute Gasteiger partial charge is 0.324 e. The second-order valence-corrected chi connectivity index (χ2v) is 18.1. The number of rotatable bonds is 45. The Morgan fingerprint density at radius 1 is 0.382 bits per heavy atom. The van der Waals surface area contributed by atoms with E-state index in [1.54, 1.807) is 0 Å². The van der Waals surface area contributed by atoms with Crippen molar-refractivity contribution in [1.82, 2.24) is 0 Å². The molecule has 0 aliphatic carbocycles. The van der Waals surface area contributed by atoms with Gasteiger partial charge in [0.1, 0.15) is 6.20 Å². The minimum Gasteiger partial charge on any atom is -0.230 e. The molecule has 3 nitrogen and oxygen atoms in total. The number of amidine groups is 1. The van der Waals surface area contributed by atoms with Crippen molar-refractivity contribution < 1.29 is 9.28 Å². The molecule has 1 aliphatic heterocycles. The molecule has 55 heavy (non-hydrogen) atoms. The summed E-state index contributed by atoms with van der Waals surface area (Å²) >= 11 is 0. The van der Waals surface area contributed by atoms with Gasteiger partial charge in [0, 0.05) is 6.42 Å². The monoisotopic (exact) mass is 770 g/mol. The quantitative estimate of drug-likeness (QED) is 0.0448. The minimum absolute atomic E-state index is 0.422. The Bertz CT molecular complexity index is 864. The molecule has 0 radical (unpaired) electrons. The van der Waals surface area contributed by atoms with Crippen molar-refractivity contribution in [2.45, 2.75) is 303 Å². The van der Waals surface area contributed by atoms with Gasteiger partial charge in [0.15, 0.2) is 0 Å². The van der Waals surface area contributed by atoms with Gasteiger partial charge in [-0.25, -0.2) is 9.79 Å². The Kier molecular flexibility index (Phi) is 39.0. The van der Waals surface area contributed by atoms with Crippen molar-refractivity contribution in [1.29, 1.82) is 0 Å². The number of unbranched alkanes of at least 4 members (excludes halogenated alkanes) is 39. The molecule has 0 spiro atoms. The second kappa shape index (κ2) is 41.2. The molecule has 0 aromatic rings. The van der Waals surface area contributed by atoms with Gasteiger partial charge in [0.2, 0.25) is 5.84 Å². The summed E-state index contributed by atoms with van der Waals surface area (Å²) in [6, 6.07) is 0. The molecule has 1 atom stereocenters. The first-order chi connectivity index (χ1) is 27.2. The van der Waals surface area contributed by atoms with Gasteiger partial charge < -0.3 is 0 Å². The average Bonchev–Trinajstić information content (AvgIpc) is 3.61. The maximum absolute atomic E-state index is 14.0. The Morgan fingerprint density at radius 2 is 0.655 bits per heavy atom. The average molecular weight is 770 g/mol. The number of nitrogens with zero attached hydrogens (tertiary/aromatic N) is 2. The fraction of sp³-hybridized carbons (Fsp3) is 0.923. The van der Waals surface area contributed by atoms with Crippen LogP contribution < -0.4 is 0 Å². The van der Waals surface area contributed by atoms with Gasteiger partial charge in [-0.3, -0.25) is 0 Å². The van der Waals surface area contributed by atoms with E-state index in [0.29, 0.717) is 10.4 Å². The van der Waals surface area contributed by atoms with Crippen molar-refractivity contribution in [2.75, 3.05) is 6.54 Å². The highest BCUT2D eigenvalue weighted by atomic mass is 16.2. The molecule has 3 heteroatoms. The summed E-state index contributed by atoms with van der Waals surface area (Å²) in [6.45, 7) is 7.84. The zero-order chi connectivity index (χ0) is 39.6. The molecule has 0 N–H and O–H groups in total. The zero-order valence-corrected chi connectivity index (χ0v) is 38.3. The van der Waals surface area contributed by atoms with Crippen LogP contribution in [0.2, 0.25) is 0 Å². The normalized spacial score (nSPS) is 15.4. The van der Waals surface area contributed by atoms with E-state index in [1.807, 2.05) is 6.20 Å². The first kappa shape index (κ1) is 52.1. The summed E-state index contributed by atoms with van der Waals surface area (Å²) in [4.78, 5) is 18.9. The van der Waals surface area contributed by atoms with Gasteiger partial charge >= 0.3 is 5.91 Å². The molecule has 0 bridgehead atoms. The third-order valence-electron chi connectivity index (χ3n) is 12.8. The Balaban J connectivity index is 2.34. The van der Waals surface area contributed by atoms with Gasteiger partial charge in [0.05, 0.1) is 19.2 Å². The van der Waals surface area contributed by atoms with Crippen LogP contribution in [0.3, 0.4) is 0 Å². The predicted octanol–water partition coefficient (Wildman–Crippen LogP) is 18.4. The van der Waals surface area contributed by atoms with Crippen LogP contribution in [0.15, 0.2) is 17.4 Å². The smallest absolute Gasteiger partial charge is 0.230 e. The summed E-state index contributed by atoms with van der Waals surface area (Å²) < 4.78 is 0.453. The molecule has 0 saturated carbocycles. The van der Waals surface area contributed by atoms with E-state index in [2.05, 4.69) is 27.0 Å². The predicted molar refractivity (Wildman–Crippen MR) is 247 cm³/mol. The highest BCUT2D eigenvalue weighted by Gasteiger charge is 2.41. The number of hydrogen-bond donors (Lipinski definition) is 0. The molecule has 1 rings (SSSR count). The summed E-state index contributed by atoms with van der Waals surface area (Å²) in [5.41, 5.74) is 0. The van der Waals surface area contributed by atoms with E-state index in [1.165, 1.54) is 257 Å². The van der Waals surface area contributed by atoms with Gasteiger partial charge in [-0.1, -0.05) is 265 Å². The Morgan fingerprint density at radius 3 is 0.982 bits per heavy atom. The van der Waals surface area contributed by atoms with Crippen LogP contribution in [-0.4, -0.2) is 22.8 Å². The topological polar surface area (TPSA) is 29.4 Å². The Labute approximate surface area is 347 Å². The summed E-state index contributed by atoms with van der Waals surface area (Å²) in [5.74, 6) is 1.58. The molecule has 1 unspecified atom stereocenters. The highest BCUT2D eigenvalue weighted by molar-refractivity contribution is 5.90. The molecular weight excluding hydrogens is 669 g/mol. The van der Waals surface area contributed by atoms with E-state index < -0.39 is 0 Å². The summed E-state index contributed by atoms with van der Waals surface area (Å²) in [5, 5.41) is 0. The standard InChI is InChI=1S/C52H101N2O/c1-4-7-10-13-16-19-22-25-27-28-29-31-34-37-40-43-46-51-53-48-50-54(51,49-45-42-39-36-33-30-26-23-20-17-14-11-8-5-2)52(55)47-44-41-38-35-32-24-21-18-15-12-9-6-3/h48,50H,4-47,49H2,1-3H3/q+1. The van der Waals surface area contributed by atoms with E-state index in [9.17, 15) is 4.79 Å². The van der Waals surface area contributed by atoms with Crippen molar-refractivity contribution in [3.63, 3.8) is 0 Å². The van der Waals surface area contributed by atoms with Crippen LogP contribution in [0.4, 0.5) is 0 Å². The lowest BCUT2D eigenvalue weighted by Crippen LogP contribution is -2.52. The van der Waals surface area contributed by atoms with Gasteiger partial charge in [-0.2, -0.15) is 4.48 Å². The first-order valence-corrected chi connectivity index (χ1v) is 25.9. The highest BCUT2D eigenvalue weighted by Crippen LogP contribution is 2.27. The van der Waals surface area contributed by atoms with Crippen LogP contribution in [0.1, 0.15) is 303 Å². The van der Waals surface area contributed by atoms with Crippen molar-refractivity contribution >= 4 is 11.7 Å². The molecule has 1 aliphatic rings. The maximum atomic E-state index is 14.0. The molecule has 1 heterocycles. The molecule has 0 aromatic carbocycles. The van der Waals surface area contributed by atoms with Crippen molar-refractivity contribution in [2.24, 2.45) is 4.99 Å².